The van der Waals surface area contributed by atoms with Gasteiger partial charge in [-0.25, -0.2) is 9.67 Å². The molecule has 1 N–H and O–H groups in total. The molecular weight excluding hydrogens is 384 g/mol. The first kappa shape index (κ1) is 18.6. The molecule has 29 heavy (non-hydrogen) atoms. The average Bonchev–Trinajstić information content (AvgIpc) is 3.39. The zero-order chi connectivity index (χ0) is 20.1. The van der Waals surface area contributed by atoms with E-state index < -0.39 is 0 Å². The number of azo groups is 1. The molecule has 0 saturated heterocycles. The van der Waals surface area contributed by atoms with Gasteiger partial charge in [-0.05, 0) is 38.1 Å². The number of benzene rings is 2. The van der Waals surface area contributed by atoms with Crippen molar-refractivity contribution in [2.75, 3.05) is 5.43 Å². The molecule has 0 fully saturated rings. The molecule has 0 radical (unpaired) electrons. The summed E-state index contributed by atoms with van der Waals surface area (Å²) in [6.07, 6.45) is 1.84. The summed E-state index contributed by atoms with van der Waals surface area (Å²) in [5.41, 5.74) is 6.88. The Kier molecular flexibility index (Phi) is 5.48. The van der Waals surface area contributed by atoms with Crippen LogP contribution in [0.2, 0.25) is 0 Å². The third-order valence-corrected chi connectivity index (χ3v) is 4.93. The summed E-state index contributed by atoms with van der Waals surface area (Å²) in [7, 11) is 0. The van der Waals surface area contributed by atoms with E-state index >= 15 is 0 Å². The number of thiazole rings is 1. The fraction of sp³-hybridized carbons (Fsp3) is 0.100. The Bertz CT molecular complexity index is 1150. The third-order valence-electron chi connectivity index (χ3n) is 3.99. The molecule has 0 aliphatic heterocycles. The van der Waals surface area contributed by atoms with Crippen molar-refractivity contribution in [3.8, 4) is 5.69 Å². The highest BCUT2D eigenvalue weighted by molar-refractivity contribution is 7.19. The highest BCUT2D eigenvalue weighted by Gasteiger charge is 2.09. The van der Waals surface area contributed by atoms with E-state index in [-0.39, 0.29) is 0 Å². The van der Waals surface area contributed by atoms with E-state index in [9.17, 15) is 0 Å². The molecule has 2 aromatic carbocycles. The van der Waals surface area contributed by atoms with Crippen molar-refractivity contribution >= 4 is 32.9 Å². The van der Waals surface area contributed by atoms with Gasteiger partial charge in [0.1, 0.15) is 5.69 Å². The second kappa shape index (κ2) is 8.53. The Hall–Kier alpha value is -3.72. The summed E-state index contributed by atoms with van der Waals surface area (Å²) in [6.45, 7) is 3.76. The molecule has 9 heteroatoms. The number of hydrazone groups is 1. The maximum Gasteiger partial charge on any atom is 0.205 e. The Morgan fingerprint density at radius 1 is 1.00 bits per heavy atom. The number of rotatable bonds is 6. The van der Waals surface area contributed by atoms with E-state index in [1.54, 1.807) is 4.68 Å². The van der Waals surface area contributed by atoms with Crippen molar-refractivity contribution in [3.05, 3.63) is 78.2 Å². The van der Waals surface area contributed by atoms with E-state index in [2.05, 4.69) is 36.1 Å². The van der Waals surface area contributed by atoms with Crippen molar-refractivity contribution in [1.82, 2.24) is 20.0 Å². The highest BCUT2D eigenvalue weighted by Crippen LogP contribution is 2.32. The van der Waals surface area contributed by atoms with Crippen LogP contribution in [0, 0.1) is 6.92 Å². The predicted octanol–water partition coefficient (Wildman–Crippen LogP) is 5.28. The maximum absolute atomic E-state index is 4.45. The van der Waals surface area contributed by atoms with Crippen LogP contribution in [0.15, 0.2) is 82.2 Å². The Morgan fingerprint density at radius 2 is 1.72 bits per heavy atom. The summed E-state index contributed by atoms with van der Waals surface area (Å²) in [5.74, 6) is 0. The summed E-state index contributed by atoms with van der Waals surface area (Å²) in [6, 6.07) is 19.4. The van der Waals surface area contributed by atoms with Gasteiger partial charge < -0.3 is 0 Å². The zero-order valence-corrected chi connectivity index (χ0v) is 16.7. The first-order valence-electron chi connectivity index (χ1n) is 8.92. The van der Waals surface area contributed by atoms with Crippen LogP contribution in [0.25, 0.3) is 5.69 Å². The fourth-order valence-electron chi connectivity index (χ4n) is 2.45. The second-order valence-corrected chi connectivity index (χ2v) is 7.12. The van der Waals surface area contributed by atoms with E-state index in [1.165, 1.54) is 11.3 Å². The van der Waals surface area contributed by atoms with Crippen molar-refractivity contribution in [3.63, 3.8) is 0 Å². The Balaban J connectivity index is 1.45. The number of para-hydroxylation sites is 1. The van der Waals surface area contributed by atoms with Gasteiger partial charge in [0.2, 0.25) is 5.13 Å². The van der Waals surface area contributed by atoms with E-state index in [0.717, 1.165) is 22.1 Å². The molecule has 0 amide bonds. The largest absolute Gasteiger partial charge is 0.252 e. The SMILES string of the molecule is C/C(=N\Nc1nc(C)c(N=Nc2ccccc2)s1)c1cn(-c2ccccc2)nn1. The number of aromatic nitrogens is 4. The molecular formula is C20H18N8S. The number of aryl methyl sites for hydroxylation is 1. The molecule has 144 valence electrons. The van der Waals surface area contributed by atoms with E-state index in [0.29, 0.717) is 16.5 Å². The minimum atomic E-state index is 0.638. The van der Waals surface area contributed by atoms with Crippen LogP contribution in [0.5, 0.6) is 0 Å². The maximum atomic E-state index is 4.45. The number of anilines is 1. The number of nitrogens with one attached hydrogen (secondary N) is 1. The molecule has 0 bridgehead atoms. The summed E-state index contributed by atoms with van der Waals surface area (Å²) >= 11 is 1.39. The lowest BCUT2D eigenvalue weighted by Gasteiger charge is -1.98. The van der Waals surface area contributed by atoms with E-state index in [4.69, 9.17) is 0 Å². The molecule has 0 atom stereocenters. The molecule has 0 aliphatic rings. The number of hydrogen-bond donors (Lipinski definition) is 1. The standard InChI is InChI=1S/C20H18N8S/c1-14(18-13-28(27-24-18)17-11-7-4-8-12-17)22-26-20-21-15(2)19(29-20)25-23-16-9-5-3-6-10-16/h3-13H,1-2H3,(H,21,26)/b22-14+,25-23?. The lowest BCUT2D eigenvalue weighted by atomic mass is 10.3. The molecule has 8 nitrogen and oxygen atoms in total. The van der Waals surface area contributed by atoms with Gasteiger partial charge in [-0.15, -0.1) is 15.3 Å². The Labute approximate surface area is 171 Å². The topological polar surface area (TPSA) is 92.7 Å². The minimum absolute atomic E-state index is 0.638. The smallest absolute Gasteiger partial charge is 0.205 e. The van der Waals surface area contributed by atoms with Crippen molar-refractivity contribution in [2.45, 2.75) is 13.8 Å². The molecule has 4 rings (SSSR count). The zero-order valence-electron chi connectivity index (χ0n) is 15.9. The van der Waals surface area contributed by atoms with Gasteiger partial charge in [-0.3, -0.25) is 5.43 Å². The molecule has 4 aromatic rings. The molecule has 0 aliphatic carbocycles. The lowest BCUT2D eigenvalue weighted by molar-refractivity contribution is 0.802. The van der Waals surface area contributed by atoms with Crippen LogP contribution in [-0.4, -0.2) is 25.7 Å². The quantitative estimate of drug-likeness (QED) is 0.270. The van der Waals surface area contributed by atoms with Crippen LogP contribution in [0.1, 0.15) is 18.3 Å². The molecule has 0 saturated carbocycles. The average molecular weight is 402 g/mol. The predicted molar refractivity (Wildman–Crippen MR) is 115 cm³/mol. The molecule has 2 heterocycles. The van der Waals surface area contributed by atoms with Gasteiger partial charge >= 0.3 is 0 Å². The number of nitrogens with zero attached hydrogens (tertiary/aromatic N) is 7. The highest BCUT2D eigenvalue weighted by atomic mass is 32.1. The lowest BCUT2D eigenvalue weighted by Crippen LogP contribution is -2.00. The molecule has 0 spiro atoms. The van der Waals surface area contributed by atoms with Crippen molar-refractivity contribution in [1.29, 1.82) is 0 Å². The number of hydrogen-bond acceptors (Lipinski definition) is 8. The van der Waals surface area contributed by atoms with Gasteiger partial charge in [0, 0.05) is 0 Å². The van der Waals surface area contributed by atoms with Gasteiger partial charge in [0.15, 0.2) is 5.00 Å². The van der Waals surface area contributed by atoms with Crippen molar-refractivity contribution in [2.24, 2.45) is 15.3 Å². The third kappa shape index (κ3) is 4.58. The van der Waals surface area contributed by atoms with Crippen molar-refractivity contribution < 1.29 is 0 Å². The summed E-state index contributed by atoms with van der Waals surface area (Å²) in [4.78, 5) is 4.45. The second-order valence-electron chi connectivity index (χ2n) is 6.14. The first-order valence-corrected chi connectivity index (χ1v) is 9.73. The van der Waals surface area contributed by atoms with Gasteiger partial charge in [-0.2, -0.15) is 5.10 Å². The Morgan fingerprint density at radius 3 is 2.48 bits per heavy atom. The molecule has 2 aromatic heterocycles. The van der Waals surface area contributed by atoms with Crippen LogP contribution < -0.4 is 5.43 Å². The van der Waals surface area contributed by atoms with Gasteiger partial charge in [0.05, 0.1) is 29.0 Å². The summed E-state index contributed by atoms with van der Waals surface area (Å²) in [5, 5.41) is 22.6. The van der Waals surface area contributed by atoms with Crippen LogP contribution in [0.3, 0.4) is 0 Å². The van der Waals surface area contributed by atoms with Crippen LogP contribution in [-0.2, 0) is 0 Å². The monoisotopic (exact) mass is 402 g/mol. The van der Waals surface area contributed by atoms with Crippen LogP contribution >= 0.6 is 11.3 Å². The van der Waals surface area contributed by atoms with Crippen LogP contribution in [0.4, 0.5) is 15.8 Å². The van der Waals surface area contributed by atoms with Gasteiger partial charge in [0.25, 0.3) is 0 Å². The fourth-order valence-corrected chi connectivity index (χ4v) is 3.18. The van der Waals surface area contributed by atoms with E-state index in [1.807, 2.05) is 80.7 Å². The minimum Gasteiger partial charge on any atom is -0.252 e. The summed E-state index contributed by atoms with van der Waals surface area (Å²) < 4.78 is 1.71. The first-order chi connectivity index (χ1) is 14.2. The normalized spacial score (nSPS) is 11.9. The molecule has 0 unspecified atom stereocenters. The van der Waals surface area contributed by atoms with Gasteiger partial charge in [-0.1, -0.05) is 52.9 Å².